The summed E-state index contributed by atoms with van der Waals surface area (Å²) in [7, 11) is 0. The Hall–Kier alpha value is -9.44. The van der Waals surface area contributed by atoms with E-state index in [2.05, 4.69) is 350 Å². The average molecular weight is 1340 g/mol. The lowest BCUT2D eigenvalue weighted by Crippen LogP contribution is -2.61. The fraction of sp³-hybridized carbons (Fsp3) is 0.300. The van der Waals surface area contributed by atoms with Gasteiger partial charge in [-0.15, -0.1) is 0 Å². The van der Waals surface area contributed by atoms with Gasteiger partial charge in [0.25, 0.3) is 6.71 Å². The molecule has 512 valence electrons. The molecule has 18 rings (SSSR count). The Morgan fingerprint density at radius 3 is 1.55 bits per heavy atom. The first-order chi connectivity index (χ1) is 49.2. The highest BCUT2D eigenvalue weighted by Gasteiger charge is 2.48. The first-order valence-corrected chi connectivity index (χ1v) is 38.6. The minimum absolute atomic E-state index is 0.00549. The molecule has 3 heteroatoms. The molecule has 0 saturated heterocycles. The molecule has 8 aliphatic rings. The van der Waals surface area contributed by atoms with Crippen LogP contribution in [-0.2, 0) is 23.7 Å². The number of rotatable bonds is 7. The lowest BCUT2D eigenvalue weighted by atomic mass is 9.33. The van der Waals surface area contributed by atoms with Crippen LogP contribution in [0.1, 0.15) is 162 Å². The van der Waals surface area contributed by atoms with Crippen LogP contribution in [0.5, 0.6) is 0 Å². The van der Waals surface area contributed by atoms with Gasteiger partial charge in [-0.2, -0.15) is 0 Å². The van der Waals surface area contributed by atoms with Crippen LogP contribution in [0.4, 0.5) is 34.1 Å². The number of hydrogen-bond acceptors (Lipinski definition) is 2. The molecule has 6 aliphatic carbocycles. The van der Waals surface area contributed by atoms with Crippen molar-refractivity contribution in [2.24, 2.45) is 39.9 Å². The molecule has 10 aromatic carbocycles. The second-order valence-electron chi connectivity index (χ2n) is 36.9. The zero-order valence-electron chi connectivity index (χ0n) is 63.4. The Labute approximate surface area is 614 Å². The van der Waals surface area contributed by atoms with E-state index in [4.69, 9.17) is 0 Å². The second kappa shape index (κ2) is 23.5. The average Bonchev–Trinajstić information content (AvgIpc) is 0.696. The molecule has 0 N–H and O–H groups in total. The summed E-state index contributed by atoms with van der Waals surface area (Å²) in [5.74, 6) is 2.29. The van der Waals surface area contributed by atoms with E-state index in [1.165, 1.54) is 146 Å². The molecule has 2 heterocycles. The molecule has 0 saturated carbocycles. The molecule has 0 fully saturated rings. The molecule has 10 aromatic rings. The van der Waals surface area contributed by atoms with Gasteiger partial charge in [0.1, 0.15) is 0 Å². The van der Waals surface area contributed by atoms with Crippen molar-refractivity contribution >= 4 is 73.6 Å². The molecule has 103 heavy (non-hydrogen) atoms. The summed E-state index contributed by atoms with van der Waals surface area (Å²) in [6.45, 7) is 36.0. The van der Waals surface area contributed by atoms with Crippen molar-refractivity contribution in [1.82, 2.24) is 0 Å². The molecule has 2 aliphatic heterocycles. The summed E-state index contributed by atoms with van der Waals surface area (Å²) in [5, 5.41) is 2.97. The van der Waals surface area contributed by atoms with Crippen molar-refractivity contribution in [3.8, 4) is 44.5 Å². The molecular formula is C100H99BN2. The third-order valence-electron chi connectivity index (χ3n) is 25.3. The lowest BCUT2D eigenvalue weighted by Gasteiger charge is -2.48. The predicted molar refractivity (Wildman–Crippen MR) is 442 cm³/mol. The fourth-order valence-corrected chi connectivity index (χ4v) is 19.4. The van der Waals surface area contributed by atoms with Crippen molar-refractivity contribution in [2.45, 2.75) is 153 Å². The summed E-state index contributed by atoms with van der Waals surface area (Å²) in [5.41, 5.74) is 38.7. The number of fused-ring (bicyclic) bond motifs is 4. The van der Waals surface area contributed by atoms with Gasteiger partial charge in [-0.25, -0.2) is 0 Å². The van der Waals surface area contributed by atoms with Gasteiger partial charge in [-0.3, -0.25) is 0 Å². The van der Waals surface area contributed by atoms with Gasteiger partial charge in [0, 0.05) is 46.0 Å². The van der Waals surface area contributed by atoms with Crippen LogP contribution in [0.2, 0.25) is 0 Å². The van der Waals surface area contributed by atoms with Crippen molar-refractivity contribution in [2.75, 3.05) is 9.80 Å². The molecule has 0 radical (unpaired) electrons. The Morgan fingerprint density at radius 1 is 0.427 bits per heavy atom. The smallest absolute Gasteiger partial charge is 0.252 e. The maximum atomic E-state index is 2.71. The van der Waals surface area contributed by atoms with Crippen molar-refractivity contribution < 1.29 is 0 Å². The van der Waals surface area contributed by atoms with E-state index < -0.39 is 0 Å². The normalized spacial score (nSPS) is 20.2. The number of allylic oxidation sites excluding steroid dienone is 12. The van der Waals surface area contributed by atoms with Gasteiger partial charge >= 0.3 is 0 Å². The van der Waals surface area contributed by atoms with Gasteiger partial charge in [-0.1, -0.05) is 291 Å². The predicted octanol–water partition coefficient (Wildman–Crippen LogP) is 25.2. The molecule has 0 spiro atoms. The van der Waals surface area contributed by atoms with E-state index in [1.807, 2.05) is 0 Å². The van der Waals surface area contributed by atoms with E-state index in [9.17, 15) is 0 Å². The monoisotopic (exact) mass is 1340 g/mol. The maximum Gasteiger partial charge on any atom is 0.252 e. The van der Waals surface area contributed by atoms with Gasteiger partial charge < -0.3 is 9.80 Å². The van der Waals surface area contributed by atoms with Crippen LogP contribution < -0.4 is 26.2 Å². The molecule has 0 aromatic heterocycles. The molecular weight excluding hydrogens is 1240 g/mol. The highest BCUT2D eigenvalue weighted by Crippen LogP contribution is 2.59. The van der Waals surface area contributed by atoms with Crippen LogP contribution in [0.25, 0.3) is 60.9 Å². The van der Waals surface area contributed by atoms with Crippen molar-refractivity contribution in [3.63, 3.8) is 0 Å². The number of benzene rings is 10. The number of anilines is 6. The van der Waals surface area contributed by atoms with Crippen LogP contribution in [0, 0.1) is 39.9 Å². The minimum Gasteiger partial charge on any atom is -0.311 e. The Morgan fingerprint density at radius 2 is 0.981 bits per heavy atom. The molecule has 2 nitrogen and oxygen atoms in total. The van der Waals surface area contributed by atoms with E-state index in [0.29, 0.717) is 23.7 Å². The largest absolute Gasteiger partial charge is 0.311 e. The SMILES string of the molecule is CC(C)(C)C1=CC2=C(c3ccc4c(c3)B3c5cc(-c6cc7c8c9c(cc(C(C)(C)C)cc69)CCC8CC(C(C)(C)C)C7)ccc5N(c5ccc(-c6ccccc6)cc5)c5cc(-c6ccc(C(C)(C)C)cc6)cc(c53)N4c3ccc(-c4ccccc4)cc3)C=C3C=C(C(C)(C)C)CC4C=CC(=C1)C2C34. The number of hydrogen-bond donors (Lipinski definition) is 0. The Bertz CT molecular complexity index is 5340. The summed E-state index contributed by atoms with van der Waals surface area (Å²) in [4.78, 5) is 5.30. The highest BCUT2D eigenvalue weighted by atomic mass is 15.2. The third-order valence-corrected chi connectivity index (χ3v) is 25.3. The standard InChI is InChI=1S/C100H99BN2/c1-96(2,3)74-38-30-64(31-39-74)71-56-89-95-90(57-71)103(80-42-34-63(35-43-80)61-24-20-17-21-25-61)88-45-37-66(82-53-73-51-76(98(7,8)9)47-68-27-29-70-49-78(100(13,14)15)59-84(82)94(70)92(68)73)55-86(88)101(95)85-54-65(36-44-87(85)102(89)79-40-32-62(33-41-79)60-22-18-16-19-23-60)81-52-72-50-75(97(4,5)6)46-67-26-28-69-48-77(99(10,11)12)58-83(81)93(69)91(67)72/h16-26,28,30-45,48-50,52-59,67-68,76,91,93H,27,29,46-47,51H2,1-15H3. The van der Waals surface area contributed by atoms with E-state index >= 15 is 0 Å². The Kier molecular flexibility index (Phi) is 15.0. The number of aryl methyl sites for hydroxylation is 1. The molecule has 0 amide bonds. The van der Waals surface area contributed by atoms with Crippen LogP contribution in [0.15, 0.2) is 265 Å². The lowest BCUT2D eigenvalue weighted by molar-refractivity contribution is 0.197. The van der Waals surface area contributed by atoms with Gasteiger partial charge in [0.2, 0.25) is 0 Å². The van der Waals surface area contributed by atoms with E-state index in [0.717, 1.165) is 30.6 Å². The number of nitrogens with zero attached hydrogens (tertiary/aromatic N) is 2. The van der Waals surface area contributed by atoms with Gasteiger partial charge in [0.15, 0.2) is 0 Å². The first kappa shape index (κ1) is 65.6. The summed E-state index contributed by atoms with van der Waals surface area (Å²) in [6.07, 6.45) is 21.4. The first-order valence-electron chi connectivity index (χ1n) is 38.6. The zero-order chi connectivity index (χ0) is 71.1. The van der Waals surface area contributed by atoms with Gasteiger partial charge in [-0.05, 0) is 264 Å². The summed E-state index contributed by atoms with van der Waals surface area (Å²) >= 11 is 0. The molecule has 5 unspecified atom stereocenters. The molecule has 5 atom stereocenters. The zero-order valence-corrected chi connectivity index (χ0v) is 63.4. The van der Waals surface area contributed by atoms with Crippen LogP contribution >= 0.6 is 0 Å². The molecule has 0 bridgehead atoms. The van der Waals surface area contributed by atoms with Crippen LogP contribution in [-0.4, -0.2) is 6.71 Å². The van der Waals surface area contributed by atoms with Crippen molar-refractivity contribution in [1.29, 1.82) is 0 Å². The second-order valence-corrected chi connectivity index (χ2v) is 36.9. The maximum absolute atomic E-state index is 2.71. The van der Waals surface area contributed by atoms with E-state index in [1.54, 1.807) is 27.6 Å². The summed E-state index contributed by atoms with van der Waals surface area (Å²) < 4.78 is 0. The highest BCUT2D eigenvalue weighted by molar-refractivity contribution is 7.00. The third kappa shape index (κ3) is 11.0. The van der Waals surface area contributed by atoms with E-state index in [-0.39, 0.29) is 39.7 Å². The van der Waals surface area contributed by atoms with Crippen LogP contribution in [0.3, 0.4) is 0 Å². The minimum atomic E-state index is -0.161. The fourth-order valence-electron chi connectivity index (χ4n) is 19.4. The summed E-state index contributed by atoms with van der Waals surface area (Å²) in [6, 6.07) is 78.7. The van der Waals surface area contributed by atoms with Crippen molar-refractivity contribution in [3.05, 3.63) is 298 Å². The quantitative estimate of drug-likeness (QED) is 0.147. The Balaban J connectivity index is 0.942. The van der Waals surface area contributed by atoms with Gasteiger partial charge in [0.05, 0.1) is 0 Å². The topological polar surface area (TPSA) is 6.48 Å².